The minimum atomic E-state index is 0.120. The van der Waals surface area contributed by atoms with Crippen molar-refractivity contribution >= 4 is 11.9 Å². The molecule has 0 aliphatic carbocycles. The number of unbranched alkanes of at least 4 members (excludes halogenated alkanes) is 1. The summed E-state index contributed by atoms with van der Waals surface area (Å²) < 4.78 is 10.9. The summed E-state index contributed by atoms with van der Waals surface area (Å²) >= 11 is 0. The van der Waals surface area contributed by atoms with Gasteiger partial charge in [0, 0.05) is 6.42 Å². The van der Waals surface area contributed by atoms with Crippen LogP contribution < -0.4 is 9.47 Å². The van der Waals surface area contributed by atoms with Crippen LogP contribution in [0, 0.1) is 5.92 Å². The van der Waals surface area contributed by atoms with Gasteiger partial charge in [-0.05, 0) is 36.1 Å². The molecule has 0 bridgehead atoms. The summed E-state index contributed by atoms with van der Waals surface area (Å²) in [6.07, 6.45) is 9.53. The van der Waals surface area contributed by atoms with Crippen LogP contribution in [-0.2, 0) is 4.79 Å². The second-order valence-corrected chi connectivity index (χ2v) is 6.44. The third-order valence-corrected chi connectivity index (χ3v) is 3.69. The Morgan fingerprint density at radius 3 is 2.23 bits per heavy atom. The lowest BCUT2D eigenvalue weighted by molar-refractivity contribution is -0.114. The fraction of sp³-hybridized carbons (Fsp3) is 0.522. The van der Waals surface area contributed by atoms with Crippen molar-refractivity contribution in [3.05, 3.63) is 42.5 Å². The van der Waals surface area contributed by atoms with Gasteiger partial charge >= 0.3 is 0 Å². The lowest BCUT2D eigenvalue weighted by Crippen LogP contribution is -2.15. The summed E-state index contributed by atoms with van der Waals surface area (Å²) in [5.41, 5.74) is 0.950. The Morgan fingerprint density at radius 1 is 1.15 bits per heavy atom. The van der Waals surface area contributed by atoms with Gasteiger partial charge in [-0.1, -0.05) is 65.7 Å². The van der Waals surface area contributed by atoms with Gasteiger partial charge in [-0.3, -0.25) is 4.79 Å². The maximum absolute atomic E-state index is 11.1. The van der Waals surface area contributed by atoms with E-state index in [0.29, 0.717) is 19.6 Å². The Bertz CT molecular complexity index is 544. The van der Waals surface area contributed by atoms with Gasteiger partial charge in [0.1, 0.15) is 13.2 Å². The van der Waals surface area contributed by atoms with E-state index in [0.717, 1.165) is 29.4 Å². The van der Waals surface area contributed by atoms with Crippen LogP contribution >= 0.6 is 0 Å². The Kier molecular flexibility index (Phi) is 14.1. The first-order chi connectivity index (χ1) is 12.5. The minimum absolute atomic E-state index is 0.120. The number of carbonyl (C=O) groups is 1. The molecule has 0 N–H and O–H groups in total. The molecule has 0 saturated carbocycles. The average Bonchev–Trinajstić information content (AvgIpc) is 2.67. The second-order valence-electron chi connectivity index (χ2n) is 6.44. The maximum Gasteiger partial charge on any atom is 0.161 e. The van der Waals surface area contributed by atoms with Gasteiger partial charge in [0.05, 0.1) is 0 Å². The molecule has 1 aliphatic heterocycles. The van der Waals surface area contributed by atoms with Crippen LogP contribution in [0.3, 0.4) is 0 Å². The molecule has 0 saturated heterocycles. The topological polar surface area (TPSA) is 35.5 Å². The molecule has 0 unspecified atom stereocenters. The van der Waals surface area contributed by atoms with Crippen molar-refractivity contribution in [1.82, 2.24) is 0 Å². The van der Waals surface area contributed by atoms with Crippen LogP contribution in [0.5, 0.6) is 11.5 Å². The number of carbonyl (C=O) groups excluding carboxylic acids is 1. The summed E-state index contributed by atoms with van der Waals surface area (Å²) in [5.74, 6) is 2.52. The molecule has 3 nitrogen and oxygen atoms in total. The third kappa shape index (κ3) is 11.5. The molecular weight excluding hydrogens is 324 g/mol. The van der Waals surface area contributed by atoms with Crippen molar-refractivity contribution in [2.45, 2.75) is 60.3 Å². The van der Waals surface area contributed by atoms with Crippen molar-refractivity contribution in [2.75, 3.05) is 13.2 Å². The third-order valence-electron chi connectivity index (χ3n) is 3.69. The Morgan fingerprint density at radius 2 is 1.77 bits per heavy atom. The molecule has 1 aromatic carbocycles. The smallest absolute Gasteiger partial charge is 0.161 e. The predicted octanol–water partition coefficient (Wildman–Crippen LogP) is 6.48. The monoisotopic (exact) mass is 360 g/mol. The number of benzene rings is 1. The highest BCUT2D eigenvalue weighted by molar-refractivity contribution is 5.93. The Labute approximate surface area is 160 Å². The van der Waals surface area contributed by atoms with E-state index in [4.69, 9.17) is 9.47 Å². The molecule has 0 amide bonds. The first-order valence-corrected chi connectivity index (χ1v) is 9.69. The number of allylic oxidation sites excluding steroid dienone is 2. The van der Waals surface area contributed by atoms with E-state index in [1.165, 1.54) is 12.8 Å². The molecule has 0 spiro atoms. The Balaban J connectivity index is 0.000000520. The highest BCUT2D eigenvalue weighted by Gasteiger charge is 2.10. The number of hydrogen-bond donors (Lipinski definition) is 0. The van der Waals surface area contributed by atoms with Gasteiger partial charge in [0.25, 0.3) is 0 Å². The van der Waals surface area contributed by atoms with Gasteiger partial charge in [-0.2, -0.15) is 0 Å². The van der Waals surface area contributed by atoms with Crippen molar-refractivity contribution in [3.8, 4) is 11.5 Å². The van der Waals surface area contributed by atoms with Crippen molar-refractivity contribution in [2.24, 2.45) is 5.92 Å². The molecule has 146 valence electrons. The normalized spacial score (nSPS) is 11.9. The molecule has 0 radical (unpaired) electrons. The van der Waals surface area contributed by atoms with E-state index in [9.17, 15) is 4.79 Å². The van der Waals surface area contributed by atoms with Crippen LogP contribution in [0.25, 0.3) is 6.08 Å². The first kappa shape index (κ1) is 24.0. The fourth-order valence-electron chi connectivity index (χ4n) is 1.67. The molecule has 2 rings (SSSR count). The fourth-order valence-corrected chi connectivity index (χ4v) is 1.67. The molecule has 1 aromatic rings. The summed E-state index contributed by atoms with van der Waals surface area (Å²) in [5, 5.41) is 0. The zero-order chi connectivity index (χ0) is 19.8. The lowest BCUT2D eigenvalue weighted by atomic mass is 10.1. The van der Waals surface area contributed by atoms with Crippen LogP contribution in [-0.4, -0.2) is 19.0 Å². The van der Waals surface area contributed by atoms with Crippen LogP contribution in [0.4, 0.5) is 0 Å². The largest absolute Gasteiger partial charge is 0.486 e. The lowest BCUT2D eigenvalue weighted by Gasteiger charge is -2.18. The van der Waals surface area contributed by atoms with Gasteiger partial charge in [-0.25, -0.2) is 0 Å². The van der Waals surface area contributed by atoms with Gasteiger partial charge in [-0.15, -0.1) is 6.58 Å². The highest BCUT2D eigenvalue weighted by atomic mass is 16.6. The Hall–Kier alpha value is -2.03. The molecule has 26 heavy (non-hydrogen) atoms. The molecule has 3 heteroatoms. The predicted molar refractivity (Wildman–Crippen MR) is 112 cm³/mol. The molecule has 1 heterocycles. The molecule has 0 aromatic heterocycles. The van der Waals surface area contributed by atoms with Crippen LogP contribution in [0.2, 0.25) is 0 Å². The van der Waals surface area contributed by atoms with E-state index in [1.807, 2.05) is 31.2 Å². The first-order valence-electron chi connectivity index (χ1n) is 9.69. The van der Waals surface area contributed by atoms with Gasteiger partial charge in [0.2, 0.25) is 0 Å². The minimum Gasteiger partial charge on any atom is -0.486 e. The van der Waals surface area contributed by atoms with E-state index in [2.05, 4.69) is 34.3 Å². The zero-order valence-electron chi connectivity index (χ0n) is 17.2. The van der Waals surface area contributed by atoms with E-state index >= 15 is 0 Å². The summed E-state index contributed by atoms with van der Waals surface area (Å²) in [4.78, 5) is 11.1. The molecule has 1 aliphatic rings. The van der Waals surface area contributed by atoms with Gasteiger partial charge in [0.15, 0.2) is 17.3 Å². The number of rotatable bonds is 6. The van der Waals surface area contributed by atoms with Crippen molar-refractivity contribution < 1.29 is 14.3 Å². The van der Waals surface area contributed by atoms with E-state index in [1.54, 1.807) is 12.2 Å². The second kappa shape index (κ2) is 15.2. The molecule has 0 fully saturated rings. The molecular formula is C23H36O3. The van der Waals surface area contributed by atoms with Crippen molar-refractivity contribution in [1.29, 1.82) is 0 Å². The van der Waals surface area contributed by atoms with Gasteiger partial charge < -0.3 is 9.47 Å². The van der Waals surface area contributed by atoms with Crippen LogP contribution in [0.15, 0.2) is 36.9 Å². The number of hydrogen-bond acceptors (Lipinski definition) is 3. The quantitative estimate of drug-likeness (QED) is 0.430. The number of ketones is 1. The SMILES string of the molecule is C=CCCC.CCC(=O)/C=C/c1ccc2c(c1)OCCO2.CCC(C)C. The highest BCUT2D eigenvalue weighted by Crippen LogP contribution is 2.31. The van der Waals surface area contributed by atoms with Crippen molar-refractivity contribution in [3.63, 3.8) is 0 Å². The zero-order valence-corrected chi connectivity index (χ0v) is 17.2. The number of ether oxygens (including phenoxy) is 2. The van der Waals surface area contributed by atoms with E-state index in [-0.39, 0.29) is 5.78 Å². The summed E-state index contributed by atoms with van der Waals surface area (Å²) in [7, 11) is 0. The molecule has 0 atom stereocenters. The summed E-state index contributed by atoms with van der Waals surface area (Å²) in [6, 6.07) is 5.66. The average molecular weight is 361 g/mol. The summed E-state index contributed by atoms with van der Waals surface area (Å²) in [6.45, 7) is 15.3. The van der Waals surface area contributed by atoms with Crippen LogP contribution in [0.1, 0.15) is 65.9 Å². The number of fused-ring (bicyclic) bond motifs is 1. The maximum atomic E-state index is 11.1. The standard InChI is InChI=1S/C13H14O3.C5H12.C5H10/c1-2-11(14)5-3-10-4-6-12-13(9-10)16-8-7-15-12;1-4-5(2)3;1-3-5-4-2/h3-6,9H,2,7-8H2,1H3;5H,4H2,1-3H3;3H,1,4-5H2,2H3/b5-3+;;. The van der Waals surface area contributed by atoms with E-state index < -0.39 is 0 Å².